The molecule has 5 heteroatoms. The van der Waals surface area contributed by atoms with Gasteiger partial charge in [0.25, 0.3) is 0 Å². The number of anilines is 1. The molecule has 4 N–H and O–H groups in total. The fourth-order valence-corrected chi connectivity index (χ4v) is 1.20. The first-order valence-electron chi connectivity index (χ1n) is 3.65. The van der Waals surface area contributed by atoms with E-state index in [1.807, 2.05) is 0 Å². The highest BCUT2D eigenvalue weighted by molar-refractivity contribution is 6.02. The van der Waals surface area contributed by atoms with Gasteiger partial charge in [0.1, 0.15) is 11.5 Å². The van der Waals surface area contributed by atoms with Gasteiger partial charge in [-0.3, -0.25) is 0 Å². The predicted octanol–water partition coefficient (Wildman–Crippen LogP) is 0.843. The summed E-state index contributed by atoms with van der Waals surface area (Å²) in [5, 5.41) is 9.33. The number of hydrogen-bond donors (Lipinski definition) is 3. The average Bonchev–Trinajstić information content (AvgIpc) is 2.46. The van der Waals surface area contributed by atoms with Crippen molar-refractivity contribution in [3.8, 4) is 0 Å². The minimum atomic E-state index is -0.974. The summed E-state index contributed by atoms with van der Waals surface area (Å²) in [6.45, 7) is 0. The van der Waals surface area contributed by atoms with Crippen molar-refractivity contribution < 1.29 is 9.90 Å². The van der Waals surface area contributed by atoms with Crippen molar-refractivity contribution in [2.24, 2.45) is 0 Å². The van der Waals surface area contributed by atoms with Crippen molar-refractivity contribution in [2.45, 2.75) is 0 Å². The quantitative estimate of drug-likeness (QED) is 0.601. The van der Waals surface area contributed by atoms with Gasteiger partial charge in [0.05, 0.1) is 5.56 Å². The van der Waals surface area contributed by atoms with Crippen LogP contribution in [0.4, 0.5) is 5.82 Å². The van der Waals surface area contributed by atoms with Crippen molar-refractivity contribution in [3.63, 3.8) is 0 Å². The third kappa shape index (κ3) is 1.10. The SMILES string of the molecule is Nc1ccc2c(C(=O)O)c[nH]c2n1. The molecular formula is C8H7N3O2. The lowest BCUT2D eigenvalue weighted by Crippen LogP contribution is -1.94. The Morgan fingerprint density at radius 3 is 3.00 bits per heavy atom. The van der Waals surface area contributed by atoms with E-state index >= 15 is 0 Å². The normalized spacial score (nSPS) is 10.5. The van der Waals surface area contributed by atoms with Crippen molar-refractivity contribution in [2.75, 3.05) is 5.73 Å². The molecule has 0 saturated carbocycles. The molecule has 0 fully saturated rings. The molecule has 5 nitrogen and oxygen atoms in total. The van der Waals surface area contributed by atoms with Crippen LogP contribution in [-0.4, -0.2) is 21.0 Å². The number of carbonyl (C=O) groups is 1. The van der Waals surface area contributed by atoms with E-state index in [9.17, 15) is 4.79 Å². The first-order chi connectivity index (χ1) is 6.18. The van der Waals surface area contributed by atoms with Crippen LogP contribution in [0.5, 0.6) is 0 Å². The van der Waals surface area contributed by atoms with Crippen LogP contribution >= 0.6 is 0 Å². The number of aromatic nitrogens is 2. The van der Waals surface area contributed by atoms with E-state index in [2.05, 4.69) is 9.97 Å². The highest BCUT2D eigenvalue weighted by Crippen LogP contribution is 2.17. The van der Waals surface area contributed by atoms with E-state index in [4.69, 9.17) is 10.8 Å². The van der Waals surface area contributed by atoms with E-state index in [1.54, 1.807) is 12.1 Å². The van der Waals surface area contributed by atoms with Gasteiger partial charge in [-0.25, -0.2) is 9.78 Å². The number of aromatic carboxylic acids is 1. The van der Waals surface area contributed by atoms with Gasteiger partial charge in [-0.15, -0.1) is 0 Å². The third-order valence-electron chi connectivity index (χ3n) is 1.79. The van der Waals surface area contributed by atoms with Gasteiger partial charge < -0.3 is 15.8 Å². The highest BCUT2D eigenvalue weighted by Gasteiger charge is 2.10. The Balaban J connectivity index is 2.76. The maximum absolute atomic E-state index is 10.7. The summed E-state index contributed by atoms with van der Waals surface area (Å²) in [5.74, 6) is -0.607. The lowest BCUT2D eigenvalue weighted by molar-refractivity contribution is 0.0699. The second kappa shape index (κ2) is 2.48. The number of hydrogen-bond acceptors (Lipinski definition) is 3. The largest absolute Gasteiger partial charge is 0.478 e. The smallest absolute Gasteiger partial charge is 0.337 e. The number of nitrogens with one attached hydrogen (secondary N) is 1. The van der Waals surface area contributed by atoms with Gasteiger partial charge in [-0.05, 0) is 12.1 Å². The number of aromatic amines is 1. The topological polar surface area (TPSA) is 92.0 Å². The fraction of sp³-hybridized carbons (Fsp3) is 0. The minimum absolute atomic E-state index is 0.211. The van der Waals surface area contributed by atoms with Crippen molar-refractivity contribution >= 4 is 22.8 Å². The molecule has 0 aliphatic heterocycles. The molecule has 2 aromatic rings. The number of fused-ring (bicyclic) bond motifs is 1. The van der Waals surface area contributed by atoms with Crippen LogP contribution in [0.1, 0.15) is 10.4 Å². The molecule has 0 spiro atoms. The van der Waals surface area contributed by atoms with Gasteiger partial charge in [-0.2, -0.15) is 0 Å². The van der Waals surface area contributed by atoms with E-state index in [0.717, 1.165) is 0 Å². The maximum Gasteiger partial charge on any atom is 0.337 e. The molecule has 0 bridgehead atoms. The number of pyridine rings is 1. The molecule has 0 amide bonds. The van der Waals surface area contributed by atoms with Gasteiger partial charge in [0.2, 0.25) is 0 Å². The number of H-pyrrole nitrogens is 1. The molecule has 2 heterocycles. The predicted molar refractivity (Wildman–Crippen MR) is 47.5 cm³/mol. The van der Waals surface area contributed by atoms with Crippen LogP contribution in [0.2, 0.25) is 0 Å². The van der Waals surface area contributed by atoms with Gasteiger partial charge >= 0.3 is 5.97 Å². The summed E-state index contributed by atoms with van der Waals surface area (Å²) in [6.07, 6.45) is 1.40. The molecule has 0 aliphatic rings. The Labute approximate surface area is 73.2 Å². The molecule has 66 valence electrons. The van der Waals surface area contributed by atoms with Gasteiger partial charge in [-0.1, -0.05) is 0 Å². The lowest BCUT2D eigenvalue weighted by atomic mass is 10.2. The second-order valence-electron chi connectivity index (χ2n) is 2.64. The maximum atomic E-state index is 10.7. The van der Waals surface area contributed by atoms with Crippen molar-refractivity contribution in [1.82, 2.24) is 9.97 Å². The number of carboxylic acids is 1. The lowest BCUT2D eigenvalue weighted by Gasteiger charge is -1.92. The first kappa shape index (κ1) is 7.60. The molecular weight excluding hydrogens is 170 g/mol. The summed E-state index contributed by atoms with van der Waals surface area (Å²) < 4.78 is 0. The molecule has 0 radical (unpaired) electrons. The Morgan fingerprint density at radius 2 is 2.31 bits per heavy atom. The zero-order valence-electron chi connectivity index (χ0n) is 6.61. The summed E-state index contributed by atoms with van der Waals surface area (Å²) in [6, 6.07) is 3.21. The molecule has 0 aliphatic carbocycles. The monoisotopic (exact) mass is 177 g/mol. The summed E-state index contributed by atoms with van der Waals surface area (Å²) in [4.78, 5) is 17.4. The van der Waals surface area contributed by atoms with E-state index in [-0.39, 0.29) is 5.56 Å². The van der Waals surface area contributed by atoms with Crippen molar-refractivity contribution in [3.05, 3.63) is 23.9 Å². The molecule has 0 atom stereocenters. The van der Waals surface area contributed by atoms with Gasteiger partial charge in [0, 0.05) is 11.6 Å². The zero-order valence-corrected chi connectivity index (χ0v) is 6.61. The van der Waals surface area contributed by atoms with E-state index in [1.165, 1.54) is 6.20 Å². The van der Waals surface area contributed by atoms with Crippen LogP contribution in [-0.2, 0) is 0 Å². The number of carboxylic acid groups (broad SMARTS) is 1. The highest BCUT2D eigenvalue weighted by atomic mass is 16.4. The van der Waals surface area contributed by atoms with E-state index in [0.29, 0.717) is 16.9 Å². The summed E-state index contributed by atoms with van der Waals surface area (Å²) in [5.41, 5.74) is 6.14. The van der Waals surface area contributed by atoms with Crippen LogP contribution in [0, 0.1) is 0 Å². The molecule has 0 unspecified atom stereocenters. The van der Waals surface area contributed by atoms with Crippen molar-refractivity contribution in [1.29, 1.82) is 0 Å². The number of nitrogen functional groups attached to an aromatic ring is 1. The zero-order chi connectivity index (χ0) is 9.42. The third-order valence-corrected chi connectivity index (χ3v) is 1.79. The molecule has 0 aromatic carbocycles. The number of nitrogens with zero attached hydrogens (tertiary/aromatic N) is 1. The number of nitrogens with two attached hydrogens (primary N) is 1. The molecule has 13 heavy (non-hydrogen) atoms. The molecule has 0 saturated heterocycles. The van der Waals surface area contributed by atoms with Gasteiger partial charge in [0.15, 0.2) is 0 Å². The Bertz CT molecular complexity index is 475. The molecule has 2 aromatic heterocycles. The summed E-state index contributed by atoms with van der Waals surface area (Å²) in [7, 11) is 0. The Hall–Kier alpha value is -2.04. The standard InChI is InChI=1S/C8H7N3O2/c9-6-2-1-4-5(8(12)13)3-10-7(4)11-6/h1-3H,(H,12,13)(H3,9,10,11). The van der Waals surface area contributed by atoms with Crippen LogP contribution < -0.4 is 5.73 Å². The van der Waals surface area contributed by atoms with E-state index < -0.39 is 5.97 Å². The van der Waals surface area contributed by atoms with Crippen LogP contribution in [0.3, 0.4) is 0 Å². The molecule has 2 rings (SSSR count). The Kier molecular flexibility index (Phi) is 1.45. The average molecular weight is 177 g/mol. The minimum Gasteiger partial charge on any atom is -0.478 e. The second-order valence-corrected chi connectivity index (χ2v) is 2.64. The Morgan fingerprint density at radius 1 is 1.54 bits per heavy atom. The van der Waals surface area contributed by atoms with Crippen LogP contribution in [0.15, 0.2) is 18.3 Å². The number of rotatable bonds is 1. The summed E-state index contributed by atoms with van der Waals surface area (Å²) >= 11 is 0. The first-order valence-corrected chi connectivity index (χ1v) is 3.65. The fourth-order valence-electron chi connectivity index (χ4n) is 1.20. The van der Waals surface area contributed by atoms with Crippen LogP contribution in [0.25, 0.3) is 11.0 Å².